The zero-order chi connectivity index (χ0) is 12.8. The molecule has 0 aromatic carbocycles. The summed E-state index contributed by atoms with van der Waals surface area (Å²) in [5.41, 5.74) is 0.238. The molecule has 0 saturated carbocycles. The smallest absolute Gasteiger partial charge is 0.0109 e. The zero-order valence-corrected chi connectivity index (χ0v) is 12.3. The second kappa shape index (κ2) is 7.25. The highest BCUT2D eigenvalue weighted by Gasteiger charge is 2.12. The number of hydrogen-bond acceptors (Lipinski definition) is 3. The van der Waals surface area contributed by atoms with Crippen LogP contribution >= 0.6 is 0 Å². The Bertz CT molecular complexity index is 173. The van der Waals surface area contributed by atoms with Gasteiger partial charge in [-0.25, -0.2) is 0 Å². The van der Waals surface area contributed by atoms with Gasteiger partial charge in [0.25, 0.3) is 0 Å². The summed E-state index contributed by atoms with van der Waals surface area (Å²) in [7, 11) is 6.46. The van der Waals surface area contributed by atoms with Gasteiger partial charge in [0.1, 0.15) is 0 Å². The predicted octanol–water partition coefficient (Wildman–Crippen LogP) is 1.65. The summed E-state index contributed by atoms with van der Waals surface area (Å²) >= 11 is 0. The quantitative estimate of drug-likeness (QED) is 0.716. The molecule has 0 aromatic rings. The molecule has 1 unspecified atom stereocenters. The van der Waals surface area contributed by atoms with Crippen LogP contribution in [0.15, 0.2) is 0 Å². The van der Waals surface area contributed by atoms with Crippen molar-refractivity contribution in [3.63, 3.8) is 0 Å². The summed E-state index contributed by atoms with van der Waals surface area (Å²) in [4.78, 5) is 4.67. The summed E-state index contributed by atoms with van der Waals surface area (Å²) < 4.78 is 0. The molecule has 0 rings (SSSR count). The van der Waals surface area contributed by atoms with Gasteiger partial charge in [0, 0.05) is 24.7 Å². The Morgan fingerprint density at radius 2 is 1.62 bits per heavy atom. The molecule has 0 heterocycles. The highest BCUT2D eigenvalue weighted by molar-refractivity contribution is 4.72. The number of nitrogens with zero attached hydrogens (tertiary/aromatic N) is 2. The Balaban J connectivity index is 3.67. The Morgan fingerprint density at radius 3 is 2.06 bits per heavy atom. The lowest BCUT2D eigenvalue weighted by molar-refractivity contribution is 0.216. The lowest BCUT2D eigenvalue weighted by Crippen LogP contribution is -2.40. The molecule has 98 valence electrons. The molecule has 0 fully saturated rings. The van der Waals surface area contributed by atoms with Crippen molar-refractivity contribution in [3.05, 3.63) is 0 Å². The van der Waals surface area contributed by atoms with Crippen molar-refractivity contribution < 1.29 is 0 Å². The fraction of sp³-hybridized carbons (Fsp3) is 1.00. The van der Waals surface area contributed by atoms with E-state index in [1.54, 1.807) is 0 Å². The lowest BCUT2D eigenvalue weighted by atomic mass is 10.1. The van der Waals surface area contributed by atoms with Gasteiger partial charge in [0.15, 0.2) is 0 Å². The van der Waals surface area contributed by atoms with Crippen LogP contribution < -0.4 is 5.32 Å². The summed E-state index contributed by atoms with van der Waals surface area (Å²) in [6, 6.07) is 0.648. The first-order valence-electron chi connectivity index (χ1n) is 6.32. The van der Waals surface area contributed by atoms with Crippen LogP contribution in [0, 0.1) is 0 Å². The highest BCUT2D eigenvalue weighted by Crippen LogP contribution is 2.03. The van der Waals surface area contributed by atoms with E-state index >= 15 is 0 Å². The van der Waals surface area contributed by atoms with Gasteiger partial charge in [0.05, 0.1) is 0 Å². The van der Waals surface area contributed by atoms with Gasteiger partial charge < -0.3 is 15.1 Å². The molecule has 0 aliphatic carbocycles. The topological polar surface area (TPSA) is 18.5 Å². The van der Waals surface area contributed by atoms with Gasteiger partial charge in [-0.2, -0.15) is 0 Å². The van der Waals surface area contributed by atoms with Crippen molar-refractivity contribution in [2.24, 2.45) is 0 Å². The van der Waals surface area contributed by atoms with Crippen LogP contribution in [0.2, 0.25) is 0 Å². The molecule has 0 radical (unpaired) electrons. The number of nitrogens with one attached hydrogen (secondary N) is 1. The van der Waals surface area contributed by atoms with Crippen molar-refractivity contribution in [1.82, 2.24) is 15.1 Å². The van der Waals surface area contributed by atoms with Crippen molar-refractivity contribution in [3.8, 4) is 0 Å². The lowest BCUT2D eigenvalue weighted by Gasteiger charge is -2.28. The van der Waals surface area contributed by atoms with E-state index in [-0.39, 0.29) is 5.54 Å². The molecule has 3 nitrogen and oxygen atoms in total. The van der Waals surface area contributed by atoms with Crippen LogP contribution in [0.3, 0.4) is 0 Å². The summed E-state index contributed by atoms with van der Waals surface area (Å²) in [5, 5.41) is 3.54. The summed E-state index contributed by atoms with van der Waals surface area (Å²) in [5.74, 6) is 0. The Morgan fingerprint density at radius 1 is 1.06 bits per heavy atom. The minimum Gasteiger partial charge on any atom is -0.312 e. The van der Waals surface area contributed by atoms with Gasteiger partial charge >= 0.3 is 0 Å². The second-order valence-corrected chi connectivity index (χ2v) is 6.10. The molecule has 0 amide bonds. The molecule has 0 aliphatic heterocycles. The first-order chi connectivity index (χ1) is 7.22. The maximum absolute atomic E-state index is 3.54. The van der Waals surface area contributed by atoms with Gasteiger partial charge in [-0.1, -0.05) is 0 Å². The minimum atomic E-state index is 0.238. The molecule has 0 aromatic heterocycles. The monoisotopic (exact) mass is 229 g/mol. The van der Waals surface area contributed by atoms with E-state index in [1.165, 1.54) is 6.42 Å². The van der Waals surface area contributed by atoms with E-state index in [4.69, 9.17) is 0 Å². The third kappa shape index (κ3) is 9.13. The molecule has 1 atom stereocenters. The Labute approximate surface area is 102 Å². The molecular weight excluding hydrogens is 198 g/mol. The maximum Gasteiger partial charge on any atom is 0.0109 e. The molecule has 0 bridgehead atoms. The number of rotatable bonds is 7. The van der Waals surface area contributed by atoms with Gasteiger partial charge in [-0.15, -0.1) is 0 Å². The largest absolute Gasteiger partial charge is 0.312 e. The Kier molecular flexibility index (Phi) is 7.20. The molecule has 0 spiro atoms. The standard InChI is InChI=1S/C13H31N3/c1-12(8-9-14-13(2,3)4)16(7)11-10-15(5)6/h12,14H,8-11H2,1-7H3. The van der Waals surface area contributed by atoms with E-state index in [1.807, 2.05) is 0 Å². The van der Waals surface area contributed by atoms with Gasteiger partial charge in [-0.3, -0.25) is 0 Å². The molecule has 3 heteroatoms. The molecule has 1 N–H and O–H groups in total. The Hall–Kier alpha value is -0.120. The molecular formula is C13H31N3. The zero-order valence-electron chi connectivity index (χ0n) is 12.3. The van der Waals surface area contributed by atoms with Crippen molar-refractivity contribution >= 4 is 0 Å². The third-order valence-corrected chi connectivity index (χ3v) is 2.87. The second-order valence-electron chi connectivity index (χ2n) is 6.10. The van der Waals surface area contributed by atoms with Crippen molar-refractivity contribution in [1.29, 1.82) is 0 Å². The number of hydrogen-bond donors (Lipinski definition) is 1. The first-order valence-corrected chi connectivity index (χ1v) is 6.32. The molecule has 0 aliphatic rings. The van der Waals surface area contributed by atoms with Crippen LogP contribution in [0.5, 0.6) is 0 Å². The van der Waals surface area contributed by atoms with E-state index in [9.17, 15) is 0 Å². The first kappa shape index (κ1) is 15.9. The average Bonchev–Trinajstić information content (AvgIpc) is 2.11. The van der Waals surface area contributed by atoms with Crippen molar-refractivity contribution in [2.75, 3.05) is 40.8 Å². The van der Waals surface area contributed by atoms with Crippen LogP contribution in [-0.4, -0.2) is 62.2 Å². The fourth-order valence-electron chi connectivity index (χ4n) is 1.45. The molecule has 0 saturated heterocycles. The van der Waals surface area contributed by atoms with E-state index in [0.717, 1.165) is 19.6 Å². The van der Waals surface area contributed by atoms with Crippen LogP contribution in [0.25, 0.3) is 0 Å². The fourth-order valence-corrected chi connectivity index (χ4v) is 1.45. The van der Waals surface area contributed by atoms with Crippen molar-refractivity contribution in [2.45, 2.75) is 45.7 Å². The maximum atomic E-state index is 3.54. The van der Waals surface area contributed by atoms with Crippen LogP contribution in [-0.2, 0) is 0 Å². The van der Waals surface area contributed by atoms with Gasteiger partial charge in [0.2, 0.25) is 0 Å². The minimum absolute atomic E-state index is 0.238. The van der Waals surface area contributed by atoms with Crippen LogP contribution in [0.1, 0.15) is 34.1 Å². The van der Waals surface area contributed by atoms with Gasteiger partial charge in [-0.05, 0) is 61.8 Å². The molecule has 16 heavy (non-hydrogen) atoms. The highest BCUT2D eigenvalue weighted by atomic mass is 15.2. The van der Waals surface area contributed by atoms with Crippen LogP contribution in [0.4, 0.5) is 0 Å². The van der Waals surface area contributed by atoms with E-state index < -0.39 is 0 Å². The normalized spacial score (nSPS) is 14.8. The van der Waals surface area contributed by atoms with E-state index in [2.05, 4.69) is 64.0 Å². The summed E-state index contributed by atoms with van der Waals surface area (Å²) in [6.45, 7) is 12.3. The predicted molar refractivity (Wildman–Crippen MR) is 73.0 cm³/mol. The van der Waals surface area contributed by atoms with E-state index in [0.29, 0.717) is 6.04 Å². The SMILES string of the molecule is CC(CCNC(C)(C)C)N(C)CCN(C)C. The third-order valence-electron chi connectivity index (χ3n) is 2.87. The average molecular weight is 229 g/mol. The number of likely N-dealkylation sites (N-methyl/N-ethyl adjacent to an activating group) is 2. The summed E-state index contributed by atoms with van der Waals surface area (Å²) in [6.07, 6.45) is 1.21.